The summed E-state index contributed by atoms with van der Waals surface area (Å²) in [5.41, 5.74) is 1.14. The summed E-state index contributed by atoms with van der Waals surface area (Å²) in [7, 11) is -3.41. The fraction of sp³-hybridized carbons (Fsp3) is 0.0417. The summed E-state index contributed by atoms with van der Waals surface area (Å²) in [5, 5.41) is 0. The van der Waals surface area contributed by atoms with Crippen molar-refractivity contribution in [3.8, 4) is 11.5 Å². The molecule has 3 aromatic carbocycles. The van der Waals surface area contributed by atoms with Crippen LogP contribution in [-0.2, 0) is 11.3 Å². The van der Waals surface area contributed by atoms with Crippen LogP contribution < -0.4 is 9.46 Å². The molecule has 0 unspecified atom stereocenters. The Labute approximate surface area is 198 Å². The van der Waals surface area contributed by atoms with Gasteiger partial charge in [-0.25, -0.2) is 4.79 Å². The van der Waals surface area contributed by atoms with Gasteiger partial charge in [0.25, 0.3) is 0 Å². The van der Waals surface area contributed by atoms with Gasteiger partial charge in [0, 0.05) is 17.3 Å². The number of aromatic nitrogens is 1. The third kappa shape index (κ3) is 5.91. The number of hydrogen-bond donors (Lipinski definition) is 4. The average molecular weight is 483 g/mol. The molecule has 4 aromatic rings. The Hall–Kier alpha value is -3.37. The normalized spacial score (nSPS) is 11.6. The number of anilines is 1. The molecule has 7 nitrogen and oxygen atoms in total. The topological polar surface area (TPSA) is 93.0 Å². The number of para-hydroxylation sites is 1. The molecule has 4 rings (SSSR count). The van der Waals surface area contributed by atoms with Gasteiger partial charge in [-0.15, -0.1) is 12.6 Å². The van der Waals surface area contributed by atoms with E-state index in [0.29, 0.717) is 16.4 Å². The monoisotopic (exact) mass is 482 g/mol. The summed E-state index contributed by atoms with van der Waals surface area (Å²) in [6.07, 6.45) is 2.23. The Morgan fingerprint density at radius 1 is 0.879 bits per heavy atom. The third-order valence-electron chi connectivity index (χ3n) is 4.61. The lowest BCUT2D eigenvalue weighted by molar-refractivity contribution is 0.141. The Kier molecular flexibility index (Phi) is 6.95. The second-order valence-electron chi connectivity index (χ2n) is 7.04. The van der Waals surface area contributed by atoms with Crippen molar-refractivity contribution in [3.63, 3.8) is 0 Å². The van der Waals surface area contributed by atoms with E-state index in [9.17, 15) is 13.9 Å². The molecule has 0 spiro atoms. The SMILES string of the molecule is O=C(OCc1ccccc1)n1cc(S)c(NS(O)(O)c2ccc(Oc3ccccc3)cc2)c1. The smallest absolute Gasteiger partial charge is 0.418 e. The molecule has 1 aromatic heterocycles. The number of ether oxygens (including phenoxy) is 2. The fourth-order valence-electron chi connectivity index (χ4n) is 2.96. The molecule has 0 amide bonds. The van der Waals surface area contributed by atoms with E-state index in [2.05, 4.69) is 17.4 Å². The number of hydrogen-bond acceptors (Lipinski definition) is 7. The minimum atomic E-state index is -3.41. The molecule has 1 heterocycles. The largest absolute Gasteiger partial charge is 0.457 e. The van der Waals surface area contributed by atoms with Gasteiger partial charge in [-0.05, 0) is 42.0 Å². The molecule has 0 saturated carbocycles. The van der Waals surface area contributed by atoms with Crippen LogP contribution in [0.3, 0.4) is 0 Å². The van der Waals surface area contributed by atoms with Crippen molar-refractivity contribution >= 4 is 35.2 Å². The molecule has 33 heavy (non-hydrogen) atoms. The zero-order valence-corrected chi connectivity index (χ0v) is 19.1. The first-order chi connectivity index (χ1) is 15.9. The fourth-order valence-corrected chi connectivity index (χ4v) is 4.37. The average Bonchev–Trinajstić information content (AvgIpc) is 3.19. The van der Waals surface area contributed by atoms with Crippen LogP contribution in [0.2, 0.25) is 0 Å². The standard InChI is InChI=1S/C24H22N2O5S2/c27-24(30-17-18-7-3-1-4-8-18)26-15-22(23(32)16-26)25-33(28,29)21-13-11-20(12-14-21)31-19-9-5-2-6-10-19/h1-16,25,28-29,32H,17H2. The maximum Gasteiger partial charge on any atom is 0.418 e. The van der Waals surface area contributed by atoms with Crippen LogP contribution in [0.25, 0.3) is 0 Å². The zero-order chi connectivity index (χ0) is 23.3. The van der Waals surface area contributed by atoms with Gasteiger partial charge in [-0.2, -0.15) is 0 Å². The first kappa shape index (κ1) is 22.8. The van der Waals surface area contributed by atoms with Crippen LogP contribution in [0, 0.1) is 0 Å². The van der Waals surface area contributed by atoms with Crippen LogP contribution >= 0.6 is 23.4 Å². The van der Waals surface area contributed by atoms with Crippen molar-refractivity contribution in [2.45, 2.75) is 16.4 Å². The summed E-state index contributed by atoms with van der Waals surface area (Å²) < 4.78 is 36.2. The molecule has 0 saturated heterocycles. The summed E-state index contributed by atoms with van der Waals surface area (Å²) in [5.74, 6) is 1.23. The van der Waals surface area contributed by atoms with Gasteiger partial charge in [0.05, 0.1) is 10.6 Å². The number of thiol groups is 1. The van der Waals surface area contributed by atoms with Gasteiger partial charge >= 0.3 is 6.09 Å². The summed E-state index contributed by atoms with van der Waals surface area (Å²) in [6, 6.07) is 25.0. The maximum absolute atomic E-state index is 12.4. The van der Waals surface area contributed by atoms with E-state index in [0.717, 1.165) is 5.56 Å². The molecular formula is C24H22N2O5S2. The first-order valence-electron chi connectivity index (χ1n) is 9.92. The molecule has 0 bridgehead atoms. The highest BCUT2D eigenvalue weighted by Crippen LogP contribution is 2.49. The van der Waals surface area contributed by atoms with E-state index in [-0.39, 0.29) is 17.2 Å². The number of carbonyl (C=O) groups excluding carboxylic acids is 1. The second kappa shape index (κ2) is 10.1. The predicted molar refractivity (Wildman–Crippen MR) is 131 cm³/mol. The Bertz CT molecular complexity index is 1210. The van der Waals surface area contributed by atoms with Crippen LogP contribution in [0.5, 0.6) is 11.5 Å². The quantitative estimate of drug-likeness (QED) is 0.214. The molecule has 0 aliphatic heterocycles. The first-order valence-corrected chi connectivity index (χ1v) is 11.9. The van der Waals surface area contributed by atoms with Gasteiger partial charge in [-0.3, -0.25) is 18.4 Å². The van der Waals surface area contributed by atoms with E-state index in [1.807, 2.05) is 60.7 Å². The molecule has 0 atom stereocenters. The van der Waals surface area contributed by atoms with Crippen molar-refractivity contribution in [2.24, 2.45) is 0 Å². The van der Waals surface area contributed by atoms with Gasteiger partial charge in [0.15, 0.2) is 0 Å². The van der Waals surface area contributed by atoms with Crippen LogP contribution in [0.15, 0.2) is 107 Å². The molecule has 3 N–H and O–H groups in total. The van der Waals surface area contributed by atoms with Crippen LogP contribution in [0.4, 0.5) is 10.5 Å². The molecule has 0 aliphatic carbocycles. The number of carbonyl (C=O) groups is 1. The molecule has 0 fully saturated rings. The van der Waals surface area contributed by atoms with E-state index in [1.165, 1.54) is 17.0 Å². The van der Waals surface area contributed by atoms with Crippen molar-refractivity contribution in [2.75, 3.05) is 4.72 Å². The number of rotatable bonds is 7. The molecule has 9 heteroatoms. The van der Waals surface area contributed by atoms with E-state index >= 15 is 0 Å². The minimum absolute atomic E-state index is 0.120. The van der Waals surface area contributed by atoms with E-state index in [4.69, 9.17) is 9.47 Å². The van der Waals surface area contributed by atoms with Crippen LogP contribution in [0.1, 0.15) is 5.56 Å². The summed E-state index contributed by atoms with van der Waals surface area (Å²) in [4.78, 5) is 13.0. The highest BCUT2D eigenvalue weighted by atomic mass is 32.3. The van der Waals surface area contributed by atoms with Crippen molar-refractivity contribution in [1.29, 1.82) is 0 Å². The highest BCUT2D eigenvalue weighted by Gasteiger charge is 2.19. The maximum atomic E-state index is 12.4. The number of nitrogens with zero attached hydrogens (tertiary/aromatic N) is 1. The van der Waals surface area contributed by atoms with Crippen molar-refractivity contribution in [1.82, 2.24) is 4.57 Å². The minimum Gasteiger partial charge on any atom is -0.457 e. The lowest BCUT2D eigenvalue weighted by Crippen LogP contribution is -2.12. The van der Waals surface area contributed by atoms with Crippen molar-refractivity contribution in [3.05, 3.63) is 103 Å². The zero-order valence-electron chi connectivity index (χ0n) is 17.4. The lowest BCUT2D eigenvalue weighted by Gasteiger charge is -2.33. The van der Waals surface area contributed by atoms with Gasteiger partial charge < -0.3 is 9.47 Å². The summed E-state index contributed by atoms with van der Waals surface area (Å²) >= 11 is 4.33. The molecule has 0 aliphatic rings. The number of benzene rings is 3. The van der Waals surface area contributed by atoms with Gasteiger partial charge in [0.1, 0.15) is 18.1 Å². The van der Waals surface area contributed by atoms with Gasteiger partial charge in [-0.1, -0.05) is 59.3 Å². The van der Waals surface area contributed by atoms with E-state index < -0.39 is 16.9 Å². The lowest BCUT2D eigenvalue weighted by atomic mass is 10.2. The molecular weight excluding hydrogens is 460 g/mol. The Morgan fingerprint density at radius 3 is 2.15 bits per heavy atom. The predicted octanol–water partition coefficient (Wildman–Crippen LogP) is 6.89. The Morgan fingerprint density at radius 2 is 1.48 bits per heavy atom. The number of nitrogens with one attached hydrogen (secondary N) is 1. The molecule has 0 radical (unpaired) electrons. The molecule has 170 valence electrons. The Balaban J connectivity index is 1.41. The van der Waals surface area contributed by atoms with Crippen molar-refractivity contribution < 1.29 is 23.4 Å². The summed E-state index contributed by atoms with van der Waals surface area (Å²) in [6.45, 7) is 0.120. The highest BCUT2D eigenvalue weighted by molar-refractivity contribution is 8.25. The van der Waals surface area contributed by atoms with Crippen LogP contribution in [-0.4, -0.2) is 19.8 Å². The second-order valence-corrected chi connectivity index (χ2v) is 9.30. The van der Waals surface area contributed by atoms with E-state index in [1.54, 1.807) is 24.3 Å². The van der Waals surface area contributed by atoms with Gasteiger partial charge in [0.2, 0.25) is 0 Å². The third-order valence-corrected chi connectivity index (χ3v) is 6.40.